The number of benzene rings is 1. The molecule has 0 radical (unpaired) electrons. The van der Waals surface area contributed by atoms with Gasteiger partial charge in [0.05, 0.1) is 12.3 Å². The topological polar surface area (TPSA) is 104 Å². The minimum Gasteiger partial charge on any atom is -0.464 e. The molecule has 3 rings (SSSR count). The summed E-state index contributed by atoms with van der Waals surface area (Å²) in [5.74, 6) is 3.44. The molecule has 0 atom stereocenters. The molecule has 1 aromatic carbocycles. The van der Waals surface area contributed by atoms with Crippen molar-refractivity contribution in [2.45, 2.75) is 24.1 Å². The number of nitrogens with one attached hydrogen (secondary N) is 2. The van der Waals surface area contributed by atoms with Crippen LogP contribution < -0.4 is 10.6 Å². The van der Waals surface area contributed by atoms with Gasteiger partial charge in [-0.25, -0.2) is 0 Å². The van der Waals surface area contributed by atoms with E-state index in [-0.39, 0.29) is 10.8 Å². The van der Waals surface area contributed by atoms with E-state index in [0.717, 1.165) is 29.6 Å². The second kappa shape index (κ2) is 9.02. The van der Waals surface area contributed by atoms with E-state index in [4.69, 9.17) is 4.42 Å². The predicted octanol–water partition coefficient (Wildman–Crippen LogP) is 2.27. The van der Waals surface area contributed by atoms with Crippen molar-refractivity contribution >= 4 is 39.2 Å². The molecule has 0 saturated heterocycles. The lowest BCUT2D eigenvalue weighted by atomic mass is 10.2. The van der Waals surface area contributed by atoms with Crippen LogP contribution in [0.25, 0.3) is 0 Å². The molecule has 0 unspecified atom stereocenters. The summed E-state index contributed by atoms with van der Waals surface area (Å²) in [5, 5.41) is 5.68. The van der Waals surface area contributed by atoms with Crippen molar-refractivity contribution in [2.75, 3.05) is 31.7 Å². The summed E-state index contributed by atoms with van der Waals surface area (Å²) in [7, 11) is 0.229. The van der Waals surface area contributed by atoms with Crippen molar-refractivity contribution in [3.8, 4) is 0 Å². The Labute approximate surface area is 174 Å². The Hall–Kier alpha value is -2.30. The van der Waals surface area contributed by atoms with Crippen LogP contribution in [0, 0.1) is 0 Å². The van der Waals surface area contributed by atoms with E-state index in [9.17, 15) is 13.2 Å². The molecule has 0 fully saturated rings. The molecule has 8 nitrogen and oxygen atoms in total. The lowest BCUT2D eigenvalue weighted by molar-refractivity contribution is -0.114. The third-order valence-corrected chi connectivity index (χ3v) is 6.32. The third kappa shape index (κ3) is 5.62. The van der Waals surface area contributed by atoms with Gasteiger partial charge in [-0.2, -0.15) is 20.2 Å². The first kappa shape index (κ1) is 21.4. The fourth-order valence-corrected chi connectivity index (χ4v) is 4.84. The summed E-state index contributed by atoms with van der Waals surface area (Å²) < 4.78 is 34.2. The Morgan fingerprint density at radius 2 is 1.97 bits per heavy atom. The second-order valence-corrected chi connectivity index (χ2v) is 9.57. The number of anilines is 1. The first-order valence-corrected chi connectivity index (χ1v) is 11.6. The van der Waals surface area contributed by atoms with Gasteiger partial charge in [-0.15, -0.1) is 4.40 Å². The standard InChI is InChI=1S/C19H24N4O4S2/c1-13(24)21-14-4-7-17-18(10-14)29(25,26)22-19(17)20-8-9-28-12-16-6-5-15(27-16)11-23(2)3/h4-7,10H,8-9,11-12H2,1-3H3,(H,20,22)(H,21,24). The summed E-state index contributed by atoms with van der Waals surface area (Å²) in [6.07, 6.45) is 0. The molecule has 0 spiro atoms. The minimum atomic E-state index is -3.76. The monoisotopic (exact) mass is 436 g/mol. The molecule has 29 heavy (non-hydrogen) atoms. The lowest BCUT2D eigenvalue weighted by Gasteiger charge is -2.08. The van der Waals surface area contributed by atoms with Gasteiger partial charge < -0.3 is 20.0 Å². The molecule has 1 amide bonds. The van der Waals surface area contributed by atoms with Gasteiger partial charge in [-0.05, 0) is 44.4 Å². The number of carbonyl (C=O) groups is 1. The fourth-order valence-electron chi connectivity index (χ4n) is 2.87. The van der Waals surface area contributed by atoms with Gasteiger partial charge in [0.2, 0.25) is 5.91 Å². The molecule has 10 heteroatoms. The van der Waals surface area contributed by atoms with Crippen LogP contribution in [-0.2, 0) is 27.1 Å². The third-order valence-electron chi connectivity index (χ3n) is 4.02. The highest BCUT2D eigenvalue weighted by atomic mass is 32.2. The first-order valence-electron chi connectivity index (χ1n) is 9.05. The largest absolute Gasteiger partial charge is 0.464 e. The van der Waals surface area contributed by atoms with Crippen molar-refractivity contribution in [3.05, 3.63) is 47.4 Å². The molecule has 0 bridgehead atoms. The maximum absolute atomic E-state index is 12.3. The summed E-state index contributed by atoms with van der Waals surface area (Å²) in [6, 6.07) is 8.71. The zero-order valence-electron chi connectivity index (χ0n) is 16.6. The molecule has 0 aliphatic carbocycles. The van der Waals surface area contributed by atoms with E-state index in [1.807, 2.05) is 31.1 Å². The molecule has 2 N–H and O–H groups in total. The highest BCUT2D eigenvalue weighted by Crippen LogP contribution is 2.28. The van der Waals surface area contributed by atoms with Crippen LogP contribution >= 0.6 is 11.8 Å². The maximum Gasteiger partial charge on any atom is 0.285 e. The normalized spacial score (nSPS) is 14.6. The Kier molecular flexibility index (Phi) is 6.66. The van der Waals surface area contributed by atoms with Crippen LogP contribution in [0.5, 0.6) is 0 Å². The first-order chi connectivity index (χ1) is 13.7. The minimum absolute atomic E-state index is 0.0999. The summed E-state index contributed by atoms with van der Waals surface area (Å²) >= 11 is 1.69. The number of amidine groups is 1. The van der Waals surface area contributed by atoms with Crippen molar-refractivity contribution < 1.29 is 17.6 Å². The summed E-state index contributed by atoms with van der Waals surface area (Å²) in [4.78, 5) is 13.3. The van der Waals surface area contributed by atoms with Crippen LogP contribution in [0.1, 0.15) is 24.0 Å². The number of amides is 1. The molecular formula is C19H24N4O4S2. The van der Waals surface area contributed by atoms with Gasteiger partial charge in [-0.3, -0.25) is 4.79 Å². The number of sulfonamides is 1. The summed E-state index contributed by atoms with van der Waals surface area (Å²) in [6.45, 7) is 2.70. The molecule has 2 heterocycles. The number of hydrogen-bond acceptors (Lipinski definition) is 7. The summed E-state index contributed by atoms with van der Waals surface area (Å²) in [5.41, 5.74) is 0.947. The van der Waals surface area contributed by atoms with Gasteiger partial charge >= 0.3 is 0 Å². The molecule has 1 aromatic heterocycles. The predicted molar refractivity (Wildman–Crippen MR) is 115 cm³/mol. The van der Waals surface area contributed by atoms with E-state index in [0.29, 0.717) is 23.6 Å². The zero-order chi connectivity index (χ0) is 21.0. The molecule has 1 aliphatic rings. The number of fused-ring (bicyclic) bond motifs is 1. The van der Waals surface area contributed by atoms with Crippen LogP contribution in [0.15, 0.2) is 44.0 Å². The SMILES string of the molecule is CC(=O)Nc1ccc2c(c1)S(=O)(=O)N=C2NCCSCc1ccc(CN(C)C)o1. The zero-order valence-corrected chi connectivity index (χ0v) is 18.2. The van der Waals surface area contributed by atoms with Gasteiger partial charge in [-0.1, -0.05) is 0 Å². The average Bonchev–Trinajstić information content (AvgIpc) is 3.16. The highest BCUT2D eigenvalue weighted by molar-refractivity contribution is 7.98. The van der Waals surface area contributed by atoms with Gasteiger partial charge in [0.1, 0.15) is 22.3 Å². The Morgan fingerprint density at radius 3 is 2.69 bits per heavy atom. The van der Waals surface area contributed by atoms with Gasteiger partial charge in [0, 0.05) is 30.5 Å². The quantitative estimate of drug-likeness (QED) is 0.612. The van der Waals surface area contributed by atoms with Crippen molar-refractivity contribution in [1.29, 1.82) is 0 Å². The molecule has 156 valence electrons. The van der Waals surface area contributed by atoms with Crippen LogP contribution in [-0.4, -0.2) is 51.5 Å². The number of rotatable bonds is 8. The van der Waals surface area contributed by atoms with E-state index < -0.39 is 10.0 Å². The van der Waals surface area contributed by atoms with Crippen molar-refractivity contribution in [3.63, 3.8) is 0 Å². The van der Waals surface area contributed by atoms with E-state index in [2.05, 4.69) is 15.0 Å². The number of furan rings is 1. The highest BCUT2D eigenvalue weighted by Gasteiger charge is 2.29. The van der Waals surface area contributed by atoms with Crippen LogP contribution in [0.4, 0.5) is 5.69 Å². The number of thioether (sulfide) groups is 1. The van der Waals surface area contributed by atoms with Crippen molar-refractivity contribution in [1.82, 2.24) is 10.2 Å². The van der Waals surface area contributed by atoms with Gasteiger partial charge in [0.15, 0.2) is 0 Å². The lowest BCUT2D eigenvalue weighted by Crippen LogP contribution is -2.25. The number of nitrogens with zero attached hydrogens (tertiary/aromatic N) is 2. The molecular weight excluding hydrogens is 412 g/mol. The molecule has 0 saturated carbocycles. The van der Waals surface area contributed by atoms with Crippen LogP contribution in [0.2, 0.25) is 0 Å². The number of carbonyl (C=O) groups excluding carboxylic acids is 1. The number of hydrogen-bond donors (Lipinski definition) is 2. The molecule has 2 aromatic rings. The average molecular weight is 437 g/mol. The second-order valence-electron chi connectivity index (χ2n) is 6.89. The van der Waals surface area contributed by atoms with E-state index in [1.54, 1.807) is 23.9 Å². The van der Waals surface area contributed by atoms with E-state index in [1.165, 1.54) is 13.0 Å². The van der Waals surface area contributed by atoms with Crippen molar-refractivity contribution in [2.24, 2.45) is 4.40 Å². The Balaban J connectivity index is 1.52. The smallest absolute Gasteiger partial charge is 0.285 e. The Morgan fingerprint density at radius 1 is 1.21 bits per heavy atom. The fraction of sp³-hybridized carbons (Fsp3) is 0.368. The van der Waals surface area contributed by atoms with Gasteiger partial charge in [0.25, 0.3) is 10.0 Å². The van der Waals surface area contributed by atoms with Crippen LogP contribution in [0.3, 0.4) is 0 Å². The molecule has 1 aliphatic heterocycles. The Bertz CT molecular complexity index is 1030. The van der Waals surface area contributed by atoms with E-state index >= 15 is 0 Å². The maximum atomic E-state index is 12.3.